The van der Waals surface area contributed by atoms with Gasteiger partial charge in [-0.15, -0.1) is 0 Å². The zero-order valence-corrected chi connectivity index (χ0v) is 18.8. The van der Waals surface area contributed by atoms with Gasteiger partial charge in [0, 0.05) is 21.5 Å². The van der Waals surface area contributed by atoms with Gasteiger partial charge in [0.25, 0.3) is 0 Å². The molecule has 1 aliphatic carbocycles. The Morgan fingerprint density at radius 2 is 0.943 bits per heavy atom. The molecule has 0 saturated carbocycles. The van der Waals surface area contributed by atoms with E-state index in [1.807, 2.05) is 0 Å². The number of fused-ring (bicyclic) bond motifs is 2. The molecular weight excluding hydrogens is 424 g/mol. The molecule has 2 aromatic heterocycles. The van der Waals surface area contributed by atoms with Crippen molar-refractivity contribution in [1.29, 1.82) is 0 Å². The Labute approximate surface area is 200 Å². The summed E-state index contributed by atoms with van der Waals surface area (Å²) in [6, 6.07) is 39.8. The molecule has 0 atom stereocenters. The van der Waals surface area contributed by atoms with E-state index in [1.54, 1.807) is 0 Å². The van der Waals surface area contributed by atoms with Crippen LogP contribution in [0.5, 0.6) is 0 Å². The molecule has 0 spiro atoms. The second-order valence-electron chi connectivity index (χ2n) is 9.59. The Morgan fingerprint density at radius 3 is 1.69 bits per heavy atom. The van der Waals surface area contributed by atoms with Gasteiger partial charge in [-0.05, 0) is 68.4 Å². The van der Waals surface area contributed by atoms with E-state index >= 15 is 0 Å². The molecule has 0 amide bonds. The van der Waals surface area contributed by atoms with Crippen molar-refractivity contribution < 1.29 is 0 Å². The molecule has 0 N–H and O–H groups in total. The first kappa shape index (κ1) is 17.7. The van der Waals surface area contributed by atoms with Crippen LogP contribution in [0.4, 0.5) is 0 Å². The normalized spacial score (nSPS) is 12.6. The van der Waals surface area contributed by atoms with Crippen molar-refractivity contribution in [2.45, 2.75) is 0 Å². The van der Waals surface area contributed by atoms with Crippen molar-refractivity contribution in [1.82, 2.24) is 9.55 Å². The number of hydrogen-bond acceptors (Lipinski definition) is 1. The first-order chi connectivity index (χ1) is 17.4. The van der Waals surface area contributed by atoms with Crippen LogP contribution in [-0.4, -0.2) is 9.55 Å². The van der Waals surface area contributed by atoms with Crippen LogP contribution in [0.2, 0.25) is 0 Å². The Bertz CT molecular complexity index is 2220. The van der Waals surface area contributed by atoms with Gasteiger partial charge in [0.05, 0.1) is 16.6 Å². The summed E-state index contributed by atoms with van der Waals surface area (Å²) in [6.07, 6.45) is 0. The average Bonchev–Trinajstić information content (AvgIpc) is 3.19. The van der Waals surface area contributed by atoms with E-state index in [0.29, 0.717) is 0 Å². The lowest BCUT2D eigenvalue weighted by Crippen LogP contribution is -1.98. The number of pyridine rings is 1. The molecule has 0 unspecified atom stereocenters. The first-order valence-corrected chi connectivity index (χ1v) is 12.1. The monoisotopic (exact) mass is 442 g/mol. The Balaban J connectivity index is 1.61. The van der Waals surface area contributed by atoms with Crippen LogP contribution in [0.3, 0.4) is 0 Å². The minimum absolute atomic E-state index is 0.959. The van der Waals surface area contributed by atoms with Crippen LogP contribution in [-0.2, 0) is 0 Å². The predicted octanol–water partition coefficient (Wildman–Crippen LogP) is 8.77. The summed E-state index contributed by atoms with van der Waals surface area (Å²) in [5, 5.41) is 11.7. The number of benzene rings is 6. The molecule has 9 rings (SSSR count). The average molecular weight is 443 g/mol. The molecule has 2 heterocycles. The minimum Gasteiger partial charge on any atom is -0.294 e. The summed E-state index contributed by atoms with van der Waals surface area (Å²) in [5.41, 5.74) is 6.07. The van der Waals surface area contributed by atoms with Crippen molar-refractivity contribution in [3.8, 4) is 16.9 Å². The van der Waals surface area contributed by atoms with Crippen molar-refractivity contribution in [3.63, 3.8) is 0 Å². The van der Waals surface area contributed by atoms with Crippen LogP contribution >= 0.6 is 0 Å². The van der Waals surface area contributed by atoms with E-state index in [-0.39, 0.29) is 0 Å². The zero-order chi connectivity index (χ0) is 22.7. The highest BCUT2D eigenvalue weighted by Gasteiger charge is 2.24. The van der Waals surface area contributed by atoms with Gasteiger partial charge < -0.3 is 0 Å². The summed E-state index contributed by atoms with van der Waals surface area (Å²) >= 11 is 0. The van der Waals surface area contributed by atoms with E-state index in [0.717, 1.165) is 16.7 Å². The maximum atomic E-state index is 5.12. The molecule has 0 fully saturated rings. The fraction of sp³-hybridized carbons (Fsp3) is 0. The molecular formula is C33H18N2. The highest BCUT2D eigenvalue weighted by atomic mass is 15.1. The van der Waals surface area contributed by atoms with Gasteiger partial charge in [-0.1, -0.05) is 78.9 Å². The van der Waals surface area contributed by atoms with Gasteiger partial charge in [-0.25, -0.2) is 4.98 Å². The van der Waals surface area contributed by atoms with Crippen LogP contribution in [0, 0.1) is 0 Å². The van der Waals surface area contributed by atoms with Crippen molar-refractivity contribution in [2.24, 2.45) is 0 Å². The van der Waals surface area contributed by atoms with Gasteiger partial charge in [0.15, 0.2) is 0 Å². The second kappa shape index (κ2) is 6.05. The minimum atomic E-state index is 0.959. The molecule has 2 nitrogen and oxygen atoms in total. The summed E-state index contributed by atoms with van der Waals surface area (Å²) in [4.78, 5) is 5.12. The van der Waals surface area contributed by atoms with E-state index in [1.165, 1.54) is 65.3 Å². The second-order valence-corrected chi connectivity index (χ2v) is 9.59. The van der Waals surface area contributed by atoms with Crippen LogP contribution in [0.25, 0.3) is 82.0 Å². The highest BCUT2D eigenvalue weighted by molar-refractivity contribution is 6.38. The molecule has 6 aromatic carbocycles. The SMILES string of the molecule is c1ccc2nc(-n3c4ccc5cccc6c5c4c4c5c(ccc7cccc-6c75)ccc43)ccc2c1. The Hall–Kier alpha value is -4.69. The van der Waals surface area contributed by atoms with Gasteiger partial charge in [0.2, 0.25) is 0 Å². The topological polar surface area (TPSA) is 17.8 Å². The van der Waals surface area contributed by atoms with Crippen molar-refractivity contribution in [2.75, 3.05) is 0 Å². The molecule has 0 bridgehead atoms. The zero-order valence-electron chi connectivity index (χ0n) is 18.8. The number of aromatic nitrogens is 2. The lowest BCUT2D eigenvalue weighted by atomic mass is 9.93. The van der Waals surface area contributed by atoms with E-state index < -0.39 is 0 Å². The summed E-state index contributed by atoms with van der Waals surface area (Å²) < 4.78 is 2.36. The maximum absolute atomic E-state index is 5.12. The molecule has 8 aromatic rings. The maximum Gasteiger partial charge on any atom is 0.138 e. The van der Waals surface area contributed by atoms with Crippen molar-refractivity contribution in [3.05, 3.63) is 109 Å². The summed E-state index contributed by atoms with van der Waals surface area (Å²) in [5.74, 6) is 0.959. The summed E-state index contributed by atoms with van der Waals surface area (Å²) in [6.45, 7) is 0. The quantitative estimate of drug-likeness (QED) is 0.232. The third-order valence-corrected chi connectivity index (χ3v) is 7.86. The van der Waals surface area contributed by atoms with Crippen molar-refractivity contribution >= 4 is 65.0 Å². The molecule has 160 valence electrons. The van der Waals surface area contributed by atoms with Gasteiger partial charge in [-0.3, -0.25) is 4.57 Å². The van der Waals surface area contributed by atoms with E-state index in [9.17, 15) is 0 Å². The number of hydrogen-bond donors (Lipinski definition) is 0. The lowest BCUT2D eigenvalue weighted by Gasteiger charge is -2.13. The number of nitrogens with zero attached hydrogens (tertiary/aromatic N) is 2. The van der Waals surface area contributed by atoms with Gasteiger partial charge in [-0.2, -0.15) is 0 Å². The third-order valence-electron chi connectivity index (χ3n) is 7.86. The molecule has 0 saturated heterocycles. The smallest absolute Gasteiger partial charge is 0.138 e. The molecule has 1 aliphatic rings. The van der Waals surface area contributed by atoms with E-state index in [2.05, 4.69) is 114 Å². The standard InChI is InChI=1S/C33H18N2/c1-2-10-25-19(5-1)15-18-28(34-25)35-26-16-13-21-7-4-9-24-23-8-3-6-20-11-12-22-14-17-27(35)33(31(22)29(20)23)32(26)30(21)24/h1-18H. The van der Waals surface area contributed by atoms with Gasteiger partial charge in [0.1, 0.15) is 5.82 Å². The fourth-order valence-electron chi connectivity index (χ4n) is 6.44. The van der Waals surface area contributed by atoms with E-state index in [4.69, 9.17) is 4.98 Å². The predicted molar refractivity (Wildman–Crippen MR) is 148 cm³/mol. The third kappa shape index (κ3) is 2.09. The molecule has 0 radical (unpaired) electrons. The number of rotatable bonds is 1. The summed E-state index contributed by atoms with van der Waals surface area (Å²) in [7, 11) is 0. The Kier molecular flexibility index (Phi) is 3.07. The largest absolute Gasteiger partial charge is 0.294 e. The molecule has 0 aliphatic heterocycles. The molecule has 2 heteroatoms. The number of para-hydroxylation sites is 1. The Morgan fingerprint density at radius 1 is 0.400 bits per heavy atom. The van der Waals surface area contributed by atoms with Crippen LogP contribution < -0.4 is 0 Å². The van der Waals surface area contributed by atoms with Crippen LogP contribution in [0.1, 0.15) is 0 Å². The van der Waals surface area contributed by atoms with Crippen LogP contribution in [0.15, 0.2) is 109 Å². The van der Waals surface area contributed by atoms with Gasteiger partial charge >= 0.3 is 0 Å². The lowest BCUT2D eigenvalue weighted by molar-refractivity contribution is 1.10. The highest BCUT2D eigenvalue weighted by Crippen LogP contribution is 2.49. The fourth-order valence-corrected chi connectivity index (χ4v) is 6.44. The molecule has 35 heavy (non-hydrogen) atoms. The first-order valence-electron chi connectivity index (χ1n) is 12.1.